The Kier molecular flexibility index (Phi) is 5.40. The number of nitrogens with zero attached hydrogens (tertiary/aromatic N) is 1. The number of carbonyl (C=O) groups is 2. The second kappa shape index (κ2) is 7.09. The molecule has 0 aromatic heterocycles. The van der Waals surface area contributed by atoms with Crippen LogP contribution >= 0.6 is 11.6 Å². The predicted molar refractivity (Wildman–Crippen MR) is 81.3 cm³/mol. The van der Waals surface area contributed by atoms with E-state index in [2.05, 4.69) is 0 Å². The summed E-state index contributed by atoms with van der Waals surface area (Å²) in [5, 5.41) is 9.38. The summed E-state index contributed by atoms with van der Waals surface area (Å²) in [5.41, 5.74) is 0.556. The molecule has 2 rings (SSSR count). The van der Waals surface area contributed by atoms with Crippen molar-refractivity contribution in [3.63, 3.8) is 0 Å². The lowest BCUT2D eigenvalue weighted by atomic mass is 9.91. The van der Waals surface area contributed by atoms with Gasteiger partial charge in [0.1, 0.15) is 5.82 Å². The number of carbonyl (C=O) groups excluding carboxylic acids is 1. The highest BCUT2D eigenvalue weighted by Gasteiger charge is 2.33. The molecule has 1 aromatic carbocycles. The Bertz CT molecular complexity index is 579. The molecule has 2 atom stereocenters. The van der Waals surface area contributed by atoms with Crippen molar-refractivity contribution in [1.29, 1.82) is 0 Å². The van der Waals surface area contributed by atoms with Gasteiger partial charge in [-0.05, 0) is 37.0 Å². The number of hydrogen-bond acceptors (Lipinski definition) is 2. The topological polar surface area (TPSA) is 57.6 Å². The Labute approximate surface area is 133 Å². The Morgan fingerprint density at radius 3 is 2.73 bits per heavy atom. The van der Waals surface area contributed by atoms with E-state index in [0.29, 0.717) is 18.4 Å². The SMILES string of the molecule is CCC1CCC(C(=O)O)CN1C(=O)Cc1ccc(F)cc1Cl. The number of benzene rings is 1. The molecule has 0 radical (unpaired) electrons. The number of likely N-dealkylation sites (tertiary alicyclic amines) is 1. The third-order valence-corrected chi connectivity index (χ3v) is 4.56. The van der Waals surface area contributed by atoms with Crippen LogP contribution in [-0.4, -0.2) is 34.5 Å². The second-order valence-electron chi connectivity index (χ2n) is 5.63. The quantitative estimate of drug-likeness (QED) is 0.924. The van der Waals surface area contributed by atoms with E-state index < -0.39 is 17.7 Å². The van der Waals surface area contributed by atoms with Crippen LogP contribution in [0, 0.1) is 11.7 Å². The summed E-state index contributed by atoms with van der Waals surface area (Å²) in [5.74, 6) is -1.99. The lowest BCUT2D eigenvalue weighted by Gasteiger charge is -2.38. The molecule has 120 valence electrons. The Morgan fingerprint density at radius 2 is 2.14 bits per heavy atom. The van der Waals surface area contributed by atoms with Gasteiger partial charge in [-0.1, -0.05) is 24.6 Å². The molecule has 0 saturated carbocycles. The summed E-state index contributed by atoms with van der Waals surface area (Å²) in [7, 11) is 0. The van der Waals surface area contributed by atoms with Crippen molar-refractivity contribution in [2.75, 3.05) is 6.54 Å². The first-order valence-corrected chi connectivity index (χ1v) is 7.76. The molecular weight excluding hydrogens is 309 g/mol. The van der Waals surface area contributed by atoms with Gasteiger partial charge in [-0.15, -0.1) is 0 Å². The van der Waals surface area contributed by atoms with Crippen molar-refractivity contribution in [3.05, 3.63) is 34.6 Å². The molecule has 0 bridgehead atoms. The van der Waals surface area contributed by atoms with E-state index in [-0.39, 0.29) is 29.9 Å². The molecule has 1 N–H and O–H groups in total. The van der Waals surface area contributed by atoms with E-state index in [4.69, 9.17) is 16.7 Å². The van der Waals surface area contributed by atoms with Gasteiger partial charge in [-0.3, -0.25) is 9.59 Å². The fraction of sp³-hybridized carbons (Fsp3) is 0.500. The smallest absolute Gasteiger partial charge is 0.308 e. The van der Waals surface area contributed by atoms with Crippen molar-refractivity contribution in [2.24, 2.45) is 5.92 Å². The highest BCUT2D eigenvalue weighted by atomic mass is 35.5. The van der Waals surface area contributed by atoms with E-state index in [9.17, 15) is 14.0 Å². The van der Waals surface area contributed by atoms with E-state index in [1.54, 1.807) is 4.90 Å². The number of piperidine rings is 1. The summed E-state index contributed by atoms with van der Waals surface area (Å²) in [6.45, 7) is 2.21. The molecule has 4 nitrogen and oxygen atoms in total. The molecule has 1 aromatic rings. The summed E-state index contributed by atoms with van der Waals surface area (Å²) in [4.78, 5) is 25.3. The van der Waals surface area contributed by atoms with E-state index in [0.717, 1.165) is 6.42 Å². The van der Waals surface area contributed by atoms with Crippen LogP contribution in [0.15, 0.2) is 18.2 Å². The van der Waals surface area contributed by atoms with Crippen molar-refractivity contribution >= 4 is 23.5 Å². The van der Waals surface area contributed by atoms with Crippen molar-refractivity contribution in [1.82, 2.24) is 4.90 Å². The zero-order chi connectivity index (χ0) is 16.3. The number of aliphatic carboxylic acids is 1. The van der Waals surface area contributed by atoms with Crippen molar-refractivity contribution in [3.8, 4) is 0 Å². The minimum absolute atomic E-state index is 0.0575. The number of rotatable bonds is 4. The normalized spacial score (nSPS) is 21.7. The highest BCUT2D eigenvalue weighted by molar-refractivity contribution is 6.31. The van der Waals surface area contributed by atoms with Gasteiger partial charge in [-0.2, -0.15) is 0 Å². The van der Waals surface area contributed by atoms with Crippen LogP contribution in [-0.2, 0) is 16.0 Å². The lowest BCUT2D eigenvalue weighted by molar-refractivity contribution is -0.147. The van der Waals surface area contributed by atoms with Gasteiger partial charge >= 0.3 is 5.97 Å². The summed E-state index contributed by atoms with van der Waals surface area (Å²) < 4.78 is 13.1. The van der Waals surface area contributed by atoms with Gasteiger partial charge in [0.05, 0.1) is 12.3 Å². The number of amides is 1. The number of hydrogen-bond donors (Lipinski definition) is 1. The van der Waals surface area contributed by atoms with Crippen LogP contribution in [0.4, 0.5) is 4.39 Å². The molecule has 0 spiro atoms. The molecule has 2 unspecified atom stereocenters. The highest BCUT2D eigenvalue weighted by Crippen LogP contribution is 2.26. The first-order chi connectivity index (χ1) is 10.4. The van der Waals surface area contributed by atoms with Crippen LogP contribution in [0.3, 0.4) is 0 Å². The Balaban J connectivity index is 2.12. The minimum atomic E-state index is -0.868. The maximum Gasteiger partial charge on any atom is 0.308 e. The number of carboxylic acid groups (broad SMARTS) is 1. The van der Waals surface area contributed by atoms with E-state index in [1.165, 1.54) is 18.2 Å². The maximum atomic E-state index is 13.1. The molecule has 1 heterocycles. The first kappa shape index (κ1) is 16.7. The Morgan fingerprint density at radius 1 is 1.41 bits per heavy atom. The lowest BCUT2D eigenvalue weighted by Crippen LogP contribution is -2.49. The van der Waals surface area contributed by atoms with Gasteiger partial charge in [0.15, 0.2) is 0 Å². The van der Waals surface area contributed by atoms with Gasteiger partial charge in [0, 0.05) is 17.6 Å². The molecule has 1 amide bonds. The number of carboxylic acids is 1. The molecule has 6 heteroatoms. The van der Waals surface area contributed by atoms with E-state index in [1.807, 2.05) is 6.92 Å². The fourth-order valence-corrected chi connectivity index (χ4v) is 3.12. The minimum Gasteiger partial charge on any atom is -0.481 e. The molecule has 1 fully saturated rings. The van der Waals surface area contributed by atoms with Crippen molar-refractivity contribution in [2.45, 2.75) is 38.6 Å². The van der Waals surface area contributed by atoms with Crippen LogP contribution in [0.25, 0.3) is 0 Å². The van der Waals surface area contributed by atoms with Crippen molar-refractivity contribution < 1.29 is 19.1 Å². The van der Waals surface area contributed by atoms with Gasteiger partial charge in [-0.25, -0.2) is 4.39 Å². The third kappa shape index (κ3) is 3.77. The Hall–Kier alpha value is -1.62. The molecular formula is C16H19ClFNO3. The average Bonchev–Trinajstić information content (AvgIpc) is 2.49. The average molecular weight is 328 g/mol. The predicted octanol–water partition coefficient (Wildman–Crippen LogP) is 3.12. The van der Waals surface area contributed by atoms with Crippen LogP contribution in [0.2, 0.25) is 5.02 Å². The zero-order valence-corrected chi connectivity index (χ0v) is 13.1. The zero-order valence-electron chi connectivity index (χ0n) is 12.4. The molecule has 1 saturated heterocycles. The largest absolute Gasteiger partial charge is 0.481 e. The van der Waals surface area contributed by atoms with Crippen LogP contribution < -0.4 is 0 Å². The van der Waals surface area contributed by atoms with Crippen LogP contribution in [0.5, 0.6) is 0 Å². The fourth-order valence-electron chi connectivity index (χ4n) is 2.89. The summed E-state index contributed by atoms with van der Waals surface area (Å²) >= 11 is 5.96. The molecule has 1 aliphatic heterocycles. The summed E-state index contributed by atoms with van der Waals surface area (Å²) in [6, 6.07) is 4.00. The standard InChI is InChI=1S/C16H19ClFNO3/c1-2-13-6-4-11(16(21)22)9-19(13)15(20)7-10-3-5-12(18)8-14(10)17/h3,5,8,11,13H,2,4,6-7,9H2,1H3,(H,21,22). The summed E-state index contributed by atoms with van der Waals surface area (Å²) in [6.07, 6.45) is 2.13. The maximum absolute atomic E-state index is 13.1. The molecule has 22 heavy (non-hydrogen) atoms. The molecule has 1 aliphatic rings. The van der Waals surface area contributed by atoms with Gasteiger partial charge in [0.2, 0.25) is 5.91 Å². The van der Waals surface area contributed by atoms with Crippen LogP contribution in [0.1, 0.15) is 31.7 Å². The van der Waals surface area contributed by atoms with Gasteiger partial charge in [0.25, 0.3) is 0 Å². The van der Waals surface area contributed by atoms with Gasteiger partial charge < -0.3 is 10.0 Å². The first-order valence-electron chi connectivity index (χ1n) is 7.38. The number of halogens is 2. The third-order valence-electron chi connectivity index (χ3n) is 4.20. The van der Waals surface area contributed by atoms with E-state index >= 15 is 0 Å². The second-order valence-corrected chi connectivity index (χ2v) is 6.04. The molecule has 0 aliphatic carbocycles. The monoisotopic (exact) mass is 327 g/mol.